The second-order valence-electron chi connectivity index (χ2n) is 5.79. The molecule has 1 aliphatic rings. The van der Waals surface area contributed by atoms with Crippen molar-refractivity contribution in [2.24, 2.45) is 0 Å². The molecule has 0 aromatic heterocycles. The molecular formula is C19H20N2O5. The number of anilines is 1. The number of rotatable bonds is 5. The van der Waals surface area contributed by atoms with Crippen LogP contribution >= 0.6 is 0 Å². The molecule has 0 bridgehead atoms. The van der Waals surface area contributed by atoms with E-state index in [2.05, 4.69) is 10.6 Å². The molecule has 2 amide bonds. The van der Waals surface area contributed by atoms with Gasteiger partial charge in [0.1, 0.15) is 19.0 Å². The second-order valence-corrected chi connectivity index (χ2v) is 5.79. The monoisotopic (exact) mass is 356 g/mol. The molecule has 2 aromatic rings. The lowest BCUT2D eigenvalue weighted by Gasteiger charge is -2.18. The summed E-state index contributed by atoms with van der Waals surface area (Å²) in [5.41, 5.74) is 1.95. The van der Waals surface area contributed by atoms with Crippen molar-refractivity contribution in [2.45, 2.75) is 6.92 Å². The van der Waals surface area contributed by atoms with E-state index in [0.717, 1.165) is 5.56 Å². The van der Waals surface area contributed by atoms with E-state index in [1.54, 1.807) is 30.3 Å². The number of methoxy groups -OCH3 is 1. The SMILES string of the molecule is COc1ccc(C)cc1NC(=O)CNC(=O)c1ccc2c(c1)OCCO2. The Morgan fingerprint density at radius 2 is 1.85 bits per heavy atom. The highest BCUT2D eigenvalue weighted by molar-refractivity contribution is 6.00. The normalized spacial score (nSPS) is 12.2. The van der Waals surface area contributed by atoms with Crippen LogP contribution in [-0.2, 0) is 4.79 Å². The van der Waals surface area contributed by atoms with Crippen LogP contribution in [0.1, 0.15) is 15.9 Å². The first-order valence-electron chi connectivity index (χ1n) is 8.19. The number of benzene rings is 2. The minimum Gasteiger partial charge on any atom is -0.495 e. The van der Waals surface area contributed by atoms with Gasteiger partial charge in [-0.1, -0.05) is 6.07 Å². The van der Waals surface area contributed by atoms with E-state index in [1.165, 1.54) is 7.11 Å². The largest absolute Gasteiger partial charge is 0.495 e. The van der Waals surface area contributed by atoms with E-state index in [1.807, 2.05) is 13.0 Å². The van der Waals surface area contributed by atoms with E-state index < -0.39 is 0 Å². The highest BCUT2D eigenvalue weighted by Gasteiger charge is 2.16. The molecule has 2 N–H and O–H groups in total. The number of carbonyl (C=O) groups is 2. The average molecular weight is 356 g/mol. The van der Waals surface area contributed by atoms with Crippen molar-refractivity contribution in [3.05, 3.63) is 47.5 Å². The summed E-state index contributed by atoms with van der Waals surface area (Å²) in [5, 5.41) is 5.33. The van der Waals surface area contributed by atoms with Crippen LogP contribution in [0.2, 0.25) is 0 Å². The molecule has 2 aromatic carbocycles. The molecule has 0 saturated heterocycles. The fourth-order valence-corrected chi connectivity index (χ4v) is 2.56. The Balaban J connectivity index is 1.59. The van der Waals surface area contributed by atoms with Crippen LogP contribution in [0.4, 0.5) is 5.69 Å². The van der Waals surface area contributed by atoms with E-state index in [4.69, 9.17) is 14.2 Å². The lowest BCUT2D eigenvalue weighted by atomic mass is 10.2. The molecule has 3 rings (SSSR count). The lowest BCUT2D eigenvalue weighted by Crippen LogP contribution is -2.33. The fraction of sp³-hybridized carbons (Fsp3) is 0.263. The number of nitrogens with one attached hydrogen (secondary N) is 2. The summed E-state index contributed by atoms with van der Waals surface area (Å²) in [6.07, 6.45) is 0. The quantitative estimate of drug-likeness (QED) is 0.857. The number of hydrogen-bond donors (Lipinski definition) is 2. The van der Waals surface area contributed by atoms with Crippen LogP contribution in [0, 0.1) is 6.92 Å². The molecule has 0 radical (unpaired) electrons. The highest BCUT2D eigenvalue weighted by Crippen LogP contribution is 2.30. The molecule has 1 heterocycles. The Morgan fingerprint density at radius 1 is 1.08 bits per heavy atom. The first-order chi connectivity index (χ1) is 12.6. The summed E-state index contributed by atoms with van der Waals surface area (Å²) in [6, 6.07) is 10.4. The number of aryl methyl sites for hydroxylation is 1. The molecule has 0 atom stereocenters. The van der Waals surface area contributed by atoms with Crippen molar-refractivity contribution < 1.29 is 23.8 Å². The van der Waals surface area contributed by atoms with Crippen LogP contribution in [-0.4, -0.2) is 38.7 Å². The third-order valence-electron chi connectivity index (χ3n) is 3.84. The van der Waals surface area contributed by atoms with Crippen molar-refractivity contribution in [2.75, 3.05) is 32.2 Å². The van der Waals surface area contributed by atoms with Gasteiger partial charge in [-0.25, -0.2) is 0 Å². The van der Waals surface area contributed by atoms with Gasteiger partial charge in [0.25, 0.3) is 5.91 Å². The van der Waals surface area contributed by atoms with Crippen molar-refractivity contribution in [1.29, 1.82) is 0 Å². The Bertz CT molecular complexity index is 835. The van der Waals surface area contributed by atoms with Gasteiger partial charge in [0.05, 0.1) is 19.3 Å². The Hall–Kier alpha value is -3.22. The van der Waals surface area contributed by atoms with Gasteiger partial charge in [0, 0.05) is 5.56 Å². The molecule has 7 heteroatoms. The van der Waals surface area contributed by atoms with Crippen molar-refractivity contribution >= 4 is 17.5 Å². The molecule has 0 fully saturated rings. The molecule has 0 unspecified atom stereocenters. The zero-order chi connectivity index (χ0) is 18.5. The average Bonchev–Trinajstić information content (AvgIpc) is 2.66. The molecule has 26 heavy (non-hydrogen) atoms. The van der Waals surface area contributed by atoms with Crippen molar-refractivity contribution in [3.8, 4) is 17.2 Å². The van der Waals surface area contributed by atoms with Crippen LogP contribution in [0.25, 0.3) is 0 Å². The third kappa shape index (κ3) is 4.05. The van der Waals surface area contributed by atoms with Gasteiger partial charge >= 0.3 is 0 Å². The maximum atomic E-state index is 12.3. The summed E-state index contributed by atoms with van der Waals surface area (Å²) in [6.45, 7) is 2.68. The predicted molar refractivity (Wildman–Crippen MR) is 96.1 cm³/mol. The molecule has 7 nitrogen and oxygen atoms in total. The van der Waals surface area contributed by atoms with Crippen LogP contribution in [0.3, 0.4) is 0 Å². The smallest absolute Gasteiger partial charge is 0.251 e. The first kappa shape index (κ1) is 17.6. The minimum absolute atomic E-state index is 0.162. The summed E-state index contributed by atoms with van der Waals surface area (Å²) >= 11 is 0. The van der Waals surface area contributed by atoms with Crippen LogP contribution in [0.5, 0.6) is 17.2 Å². The summed E-state index contributed by atoms with van der Waals surface area (Å²) in [7, 11) is 1.53. The molecule has 0 aliphatic carbocycles. The zero-order valence-corrected chi connectivity index (χ0v) is 14.6. The topological polar surface area (TPSA) is 85.9 Å². The Kier molecular flexibility index (Phi) is 5.26. The van der Waals surface area contributed by atoms with Crippen LogP contribution in [0.15, 0.2) is 36.4 Å². The Labute approximate surface area is 151 Å². The number of hydrogen-bond acceptors (Lipinski definition) is 5. The van der Waals surface area contributed by atoms with Gasteiger partial charge in [-0.05, 0) is 42.8 Å². The number of ether oxygens (including phenoxy) is 3. The minimum atomic E-state index is -0.367. The van der Waals surface area contributed by atoms with E-state index in [9.17, 15) is 9.59 Å². The van der Waals surface area contributed by atoms with Gasteiger partial charge in [-0.2, -0.15) is 0 Å². The number of fused-ring (bicyclic) bond motifs is 1. The zero-order valence-electron chi connectivity index (χ0n) is 14.6. The summed E-state index contributed by atoms with van der Waals surface area (Å²) in [4.78, 5) is 24.4. The number of amides is 2. The highest BCUT2D eigenvalue weighted by atomic mass is 16.6. The standard InChI is InChI=1S/C19H20N2O5/c1-12-3-5-15(24-2)14(9-12)21-18(22)11-20-19(23)13-4-6-16-17(10-13)26-8-7-25-16/h3-6,9-10H,7-8,11H2,1-2H3,(H,20,23)(H,21,22). The molecule has 0 saturated carbocycles. The second kappa shape index (κ2) is 7.77. The molecule has 1 aliphatic heterocycles. The maximum absolute atomic E-state index is 12.3. The maximum Gasteiger partial charge on any atom is 0.251 e. The van der Waals surface area contributed by atoms with E-state index in [0.29, 0.717) is 41.7 Å². The molecule has 0 spiro atoms. The van der Waals surface area contributed by atoms with Crippen molar-refractivity contribution in [1.82, 2.24) is 5.32 Å². The van der Waals surface area contributed by atoms with Crippen LogP contribution < -0.4 is 24.8 Å². The third-order valence-corrected chi connectivity index (χ3v) is 3.84. The van der Waals surface area contributed by atoms with E-state index in [-0.39, 0.29) is 18.4 Å². The summed E-state index contributed by atoms with van der Waals surface area (Å²) < 4.78 is 16.1. The van der Waals surface area contributed by atoms with Gasteiger partial charge in [0.2, 0.25) is 5.91 Å². The van der Waals surface area contributed by atoms with Gasteiger partial charge < -0.3 is 24.8 Å². The van der Waals surface area contributed by atoms with Gasteiger partial charge in [-0.3, -0.25) is 9.59 Å². The molecule has 136 valence electrons. The number of carbonyl (C=O) groups excluding carboxylic acids is 2. The first-order valence-corrected chi connectivity index (χ1v) is 8.19. The fourth-order valence-electron chi connectivity index (χ4n) is 2.56. The van der Waals surface area contributed by atoms with E-state index >= 15 is 0 Å². The molecular weight excluding hydrogens is 336 g/mol. The van der Waals surface area contributed by atoms with Crippen molar-refractivity contribution in [3.63, 3.8) is 0 Å². The summed E-state index contributed by atoms with van der Waals surface area (Å²) in [5.74, 6) is 0.977. The van der Waals surface area contributed by atoms with Gasteiger partial charge in [0.15, 0.2) is 11.5 Å². The van der Waals surface area contributed by atoms with Gasteiger partial charge in [-0.15, -0.1) is 0 Å². The Morgan fingerprint density at radius 3 is 2.62 bits per heavy atom. The lowest BCUT2D eigenvalue weighted by molar-refractivity contribution is -0.115. The predicted octanol–water partition coefficient (Wildman–Crippen LogP) is 2.14.